The number of ether oxygens (including phenoxy) is 2. The van der Waals surface area contributed by atoms with Gasteiger partial charge in [0.25, 0.3) is 0 Å². The summed E-state index contributed by atoms with van der Waals surface area (Å²) >= 11 is 0. The molecule has 408 valence electrons. The van der Waals surface area contributed by atoms with Crippen molar-refractivity contribution < 1.29 is 19.1 Å². The van der Waals surface area contributed by atoms with E-state index in [2.05, 4.69) is 86.5 Å². The second-order valence-corrected chi connectivity index (χ2v) is 25.1. The molecule has 9 unspecified atom stereocenters. The molecule has 70 heavy (non-hydrogen) atoms. The summed E-state index contributed by atoms with van der Waals surface area (Å²) in [5, 5.41) is 0. The fraction of sp³-hybridized carbons (Fsp3) is 0.908. The van der Waals surface area contributed by atoms with Crippen molar-refractivity contribution >= 4 is 12.3 Å². The number of rotatable bonds is 37. The summed E-state index contributed by atoms with van der Waals surface area (Å²) in [6.07, 6.45) is 51.4. The van der Waals surface area contributed by atoms with Crippen LogP contribution in [-0.2, 0) is 19.1 Å². The fourth-order valence-corrected chi connectivity index (χ4v) is 14.7. The molecule has 0 spiro atoms. The van der Waals surface area contributed by atoms with E-state index in [1.54, 1.807) is 11.1 Å². The van der Waals surface area contributed by atoms with Gasteiger partial charge >= 0.3 is 5.97 Å². The van der Waals surface area contributed by atoms with E-state index in [9.17, 15) is 9.59 Å². The van der Waals surface area contributed by atoms with E-state index in [1.807, 2.05) is 7.11 Å². The standard InChI is InChI=1S/C35H69NO3.C30H50O/c1-5-7-9-11-13-21-27-34(28-22-14-12-10-8-6-2)39-35(38)29-23-16-15-19-25-33(30-31-36(3)4)26-20-17-18-24-32-37;1-8-22(20(2)3)10-9-21(4)26-13-14-27-25-12-11-23-19-24(31-7)15-17-29(23,5)28(25)16-18-30(26,27)6/h32-34H,5-31H2,1-4H3;8,11,20-21,24-28H,9-10,12-19H2,1-7H3/b;22-8+. The molecule has 0 aromatic heterocycles. The molecular formula is C65H119NO4. The van der Waals surface area contributed by atoms with Gasteiger partial charge in [-0.1, -0.05) is 181 Å². The lowest BCUT2D eigenvalue weighted by molar-refractivity contribution is -0.150. The number of nitrogens with zero attached hydrogens (tertiary/aromatic N) is 1. The van der Waals surface area contributed by atoms with Crippen molar-refractivity contribution in [1.82, 2.24) is 4.90 Å². The molecule has 9 atom stereocenters. The van der Waals surface area contributed by atoms with Crippen molar-refractivity contribution in [2.75, 3.05) is 27.7 Å². The zero-order valence-electron chi connectivity index (χ0n) is 48.7. The molecule has 5 heteroatoms. The van der Waals surface area contributed by atoms with Crippen molar-refractivity contribution in [1.29, 1.82) is 0 Å². The molecule has 4 aliphatic carbocycles. The second-order valence-electron chi connectivity index (χ2n) is 25.1. The van der Waals surface area contributed by atoms with Crippen molar-refractivity contribution in [3.8, 4) is 0 Å². The van der Waals surface area contributed by atoms with Crippen molar-refractivity contribution in [3.63, 3.8) is 0 Å². The highest BCUT2D eigenvalue weighted by atomic mass is 16.5. The number of fused-ring (bicyclic) bond motifs is 5. The normalized spacial score (nSPS) is 26.3. The minimum atomic E-state index is 0.0381. The molecule has 0 saturated heterocycles. The van der Waals surface area contributed by atoms with Gasteiger partial charge in [-0.05, 0) is 189 Å². The molecule has 0 N–H and O–H groups in total. The average molecular weight is 979 g/mol. The van der Waals surface area contributed by atoms with Crippen LogP contribution in [0.2, 0.25) is 0 Å². The number of allylic oxidation sites excluding steroid dienone is 3. The molecule has 4 aliphatic rings. The van der Waals surface area contributed by atoms with Crippen LogP contribution in [0.25, 0.3) is 0 Å². The fourth-order valence-electron chi connectivity index (χ4n) is 14.7. The molecule has 0 heterocycles. The summed E-state index contributed by atoms with van der Waals surface area (Å²) in [5.74, 6) is 6.15. The number of carbonyl (C=O) groups excluding carboxylic acids is 2. The van der Waals surface area contributed by atoms with Crippen LogP contribution in [0, 0.1) is 52.3 Å². The third kappa shape index (κ3) is 21.8. The number of unbranched alkanes of at least 4 members (excludes halogenated alkanes) is 16. The molecule has 0 bridgehead atoms. The van der Waals surface area contributed by atoms with Gasteiger partial charge in [0.15, 0.2) is 0 Å². The van der Waals surface area contributed by atoms with Gasteiger partial charge in [0.1, 0.15) is 12.4 Å². The summed E-state index contributed by atoms with van der Waals surface area (Å²) in [4.78, 5) is 25.5. The molecule has 3 fully saturated rings. The zero-order valence-corrected chi connectivity index (χ0v) is 48.7. The smallest absolute Gasteiger partial charge is 0.306 e. The number of esters is 1. The highest BCUT2D eigenvalue weighted by Gasteiger charge is 2.59. The van der Waals surface area contributed by atoms with Crippen LogP contribution in [0.5, 0.6) is 0 Å². The topological polar surface area (TPSA) is 55.8 Å². The largest absolute Gasteiger partial charge is 0.462 e. The number of hydrogen-bond acceptors (Lipinski definition) is 5. The van der Waals surface area contributed by atoms with Crippen LogP contribution in [0.4, 0.5) is 0 Å². The van der Waals surface area contributed by atoms with Crippen LogP contribution in [0.3, 0.4) is 0 Å². The highest BCUT2D eigenvalue weighted by Crippen LogP contribution is 2.67. The Morgan fingerprint density at radius 3 is 1.90 bits per heavy atom. The Labute approximate surface area is 436 Å². The summed E-state index contributed by atoms with van der Waals surface area (Å²) in [7, 11) is 6.23. The number of carbonyl (C=O) groups is 2. The first-order chi connectivity index (χ1) is 33.8. The first-order valence-corrected chi connectivity index (χ1v) is 30.9. The van der Waals surface area contributed by atoms with Crippen LogP contribution in [-0.4, -0.2) is 57.1 Å². The Kier molecular flexibility index (Phi) is 32.0. The van der Waals surface area contributed by atoms with Crippen LogP contribution >= 0.6 is 0 Å². The Bertz CT molecular complexity index is 1420. The lowest BCUT2D eigenvalue weighted by Crippen LogP contribution is -2.50. The maximum absolute atomic E-state index is 12.6. The van der Waals surface area contributed by atoms with E-state index in [4.69, 9.17) is 9.47 Å². The van der Waals surface area contributed by atoms with Crippen LogP contribution < -0.4 is 0 Å². The summed E-state index contributed by atoms with van der Waals surface area (Å²) < 4.78 is 11.8. The summed E-state index contributed by atoms with van der Waals surface area (Å²) in [6.45, 7) is 20.6. The van der Waals surface area contributed by atoms with Gasteiger partial charge in [-0.15, -0.1) is 0 Å². The van der Waals surface area contributed by atoms with E-state index in [0.717, 1.165) is 80.4 Å². The van der Waals surface area contributed by atoms with Gasteiger partial charge in [-0.2, -0.15) is 0 Å². The quantitative estimate of drug-likeness (QED) is 0.0269. The van der Waals surface area contributed by atoms with Crippen LogP contribution in [0.1, 0.15) is 287 Å². The van der Waals surface area contributed by atoms with Crippen LogP contribution in [0.15, 0.2) is 23.3 Å². The van der Waals surface area contributed by atoms with E-state index >= 15 is 0 Å². The molecule has 3 saturated carbocycles. The lowest BCUT2D eigenvalue weighted by atomic mass is 9.47. The third-order valence-corrected chi connectivity index (χ3v) is 19.4. The zero-order chi connectivity index (χ0) is 51.2. The predicted octanol–water partition coefficient (Wildman–Crippen LogP) is 19.1. The van der Waals surface area contributed by atoms with Crippen molar-refractivity contribution in [2.45, 2.75) is 299 Å². The first-order valence-electron chi connectivity index (χ1n) is 30.9. The summed E-state index contributed by atoms with van der Waals surface area (Å²) in [6, 6.07) is 0. The van der Waals surface area contributed by atoms with Gasteiger partial charge in [-0.3, -0.25) is 4.79 Å². The minimum absolute atomic E-state index is 0.0381. The maximum atomic E-state index is 12.6. The number of methoxy groups -OCH3 is 1. The Balaban J connectivity index is 0.000000378. The Morgan fingerprint density at radius 2 is 1.31 bits per heavy atom. The SMILES string of the molecule is C/C=C(\CCC(C)C1CCC2C3CC=C4CC(OC)CCC4(C)C3CCC12C)C(C)C.CCCCCCCCC(CCCCCCCC)OC(=O)CCCCCCC(CCCCCC=O)CCN(C)C. The maximum Gasteiger partial charge on any atom is 0.306 e. The Hall–Kier alpha value is -1.46. The van der Waals surface area contributed by atoms with Crippen molar-refractivity contribution in [3.05, 3.63) is 23.3 Å². The number of hydrogen-bond donors (Lipinski definition) is 0. The predicted molar refractivity (Wildman–Crippen MR) is 302 cm³/mol. The summed E-state index contributed by atoms with van der Waals surface area (Å²) in [5.41, 5.74) is 4.46. The molecule has 4 rings (SSSR count). The lowest BCUT2D eigenvalue weighted by Gasteiger charge is -2.58. The minimum Gasteiger partial charge on any atom is -0.462 e. The highest BCUT2D eigenvalue weighted by molar-refractivity contribution is 5.69. The van der Waals surface area contributed by atoms with E-state index < -0.39 is 0 Å². The third-order valence-electron chi connectivity index (χ3n) is 19.4. The average Bonchev–Trinajstić information content (AvgIpc) is 3.70. The van der Waals surface area contributed by atoms with E-state index in [1.165, 1.54) is 186 Å². The second kappa shape index (κ2) is 35.7. The molecule has 5 nitrogen and oxygen atoms in total. The van der Waals surface area contributed by atoms with E-state index in [-0.39, 0.29) is 12.1 Å². The Morgan fingerprint density at radius 1 is 0.714 bits per heavy atom. The molecule has 0 amide bonds. The number of aldehydes is 1. The van der Waals surface area contributed by atoms with Gasteiger partial charge in [-0.25, -0.2) is 0 Å². The molecule has 0 aromatic rings. The molecule has 0 radical (unpaired) electrons. The van der Waals surface area contributed by atoms with Crippen molar-refractivity contribution in [2.24, 2.45) is 52.3 Å². The van der Waals surface area contributed by atoms with Gasteiger partial charge in [0.2, 0.25) is 0 Å². The van der Waals surface area contributed by atoms with Gasteiger partial charge in [0.05, 0.1) is 6.10 Å². The molecule has 0 aliphatic heterocycles. The monoisotopic (exact) mass is 978 g/mol. The first kappa shape index (κ1) is 62.8. The van der Waals surface area contributed by atoms with Gasteiger partial charge < -0.3 is 19.2 Å². The van der Waals surface area contributed by atoms with E-state index in [0.29, 0.717) is 35.7 Å². The molecule has 0 aromatic carbocycles. The molecular weight excluding hydrogens is 859 g/mol. The van der Waals surface area contributed by atoms with Gasteiger partial charge in [0, 0.05) is 20.0 Å².